The molecule has 0 saturated heterocycles. The minimum Gasteiger partial charge on any atom is -0.348 e. The molecule has 1 aromatic rings. The zero-order chi connectivity index (χ0) is 5.82. The van der Waals surface area contributed by atoms with Gasteiger partial charge in [0.05, 0.1) is 0 Å². The van der Waals surface area contributed by atoms with E-state index in [2.05, 4.69) is 22.6 Å². The number of rotatable bonds is 2. The Bertz CT molecular complexity index is 136. The fraction of sp³-hybridized carbons (Fsp3) is 0.200. The number of aromatic amines is 1. The van der Waals surface area contributed by atoms with E-state index in [1.54, 1.807) is 12.4 Å². The molecule has 0 aliphatic rings. The average molecular weight is 127 g/mol. The van der Waals surface area contributed by atoms with Gasteiger partial charge in [-0.1, -0.05) is 0 Å². The summed E-state index contributed by atoms with van der Waals surface area (Å²) in [5.41, 5.74) is 0. The highest BCUT2D eigenvalue weighted by Crippen LogP contribution is 1.92. The summed E-state index contributed by atoms with van der Waals surface area (Å²) in [5, 5.41) is 0. The van der Waals surface area contributed by atoms with E-state index in [1.807, 2.05) is 6.42 Å². The van der Waals surface area contributed by atoms with Crippen molar-refractivity contribution in [1.29, 1.82) is 0 Å². The maximum absolute atomic E-state index is 3.99. The maximum Gasteiger partial charge on any atom is 0.110 e. The number of hydrogen-bond acceptors (Lipinski definition) is 2. The predicted octanol–water partition coefficient (Wildman–Crippen LogP) is 0.892. The Hall–Kier alpha value is -0.440. The van der Waals surface area contributed by atoms with E-state index in [9.17, 15) is 0 Å². The highest BCUT2D eigenvalue weighted by Gasteiger charge is 1.88. The van der Waals surface area contributed by atoms with Crippen LogP contribution in [-0.2, 0) is 0 Å². The first-order valence-corrected chi connectivity index (χ1v) is 3.00. The summed E-state index contributed by atoms with van der Waals surface area (Å²) < 4.78 is 0. The van der Waals surface area contributed by atoms with Gasteiger partial charge >= 0.3 is 0 Å². The second-order valence-electron chi connectivity index (χ2n) is 1.36. The second-order valence-corrected chi connectivity index (χ2v) is 1.73. The molecule has 8 heavy (non-hydrogen) atoms. The molecule has 1 heterocycles. The maximum atomic E-state index is 3.99. The standard InChI is InChI=1S/C5H7N2S/c8-4-1-5-6-2-3-7-5/h1-3,8H,4H2,(H,6,7). The number of hydrogen-bond donors (Lipinski definition) is 2. The van der Waals surface area contributed by atoms with Crippen molar-refractivity contribution in [3.05, 3.63) is 24.6 Å². The normalized spacial score (nSPS) is 9.62. The largest absolute Gasteiger partial charge is 0.348 e. The van der Waals surface area contributed by atoms with Gasteiger partial charge in [-0.25, -0.2) is 4.98 Å². The van der Waals surface area contributed by atoms with Crippen molar-refractivity contribution < 1.29 is 0 Å². The van der Waals surface area contributed by atoms with Crippen LogP contribution in [0.5, 0.6) is 0 Å². The van der Waals surface area contributed by atoms with Crippen LogP contribution in [0, 0.1) is 6.42 Å². The van der Waals surface area contributed by atoms with E-state index in [1.165, 1.54) is 0 Å². The molecule has 0 aliphatic carbocycles. The molecule has 1 N–H and O–H groups in total. The summed E-state index contributed by atoms with van der Waals surface area (Å²) in [6.45, 7) is 0. The predicted molar refractivity (Wildman–Crippen MR) is 35.8 cm³/mol. The first-order chi connectivity index (χ1) is 3.93. The molecule has 0 spiro atoms. The van der Waals surface area contributed by atoms with Gasteiger partial charge in [0.15, 0.2) is 0 Å². The summed E-state index contributed by atoms with van der Waals surface area (Å²) in [6, 6.07) is 0. The van der Waals surface area contributed by atoms with Gasteiger partial charge in [0.2, 0.25) is 0 Å². The highest BCUT2D eigenvalue weighted by atomic mass is 32.1. The molecule has 1 radical (unpaired) electrons. The third-order valence-electron chi connectivity index (χ3n) is 0.804. The van der Waals surface area contributed by atoms with E-state index in [0.717, 1.165) is 11.6 Å². The van der Waals surface area contributed by atoms with Crippen molar-refractivity contribution in [1.82, 2.24) is 9.97 Å². The van der Waals surface area contributed by atoms with Crippen molar-refractivity contribution in [2.75, 3.05) is 5.75 Å². The first-order valence-electron chi connectivity index (χ1n) is 2.37. The molecule has 0 saturated carbocycles. The van der Waals surface area contributed by atoms with Crippen LogP contribution >= 0.6 is 12.6 Å². The lowest BCUT2D eigenvalue weighted by atomic mass is 10.5. The zero-order valence-corrected chi connectivity index (χ0v) is 5.23. The lowest BCUT2D eigenvalue weighted by Crippen LogP contribution is -1.83. The molecule has 0 aromatic carbocycles. The van der Waals surface area contributed by atoms with Crippen LogP contribution in [0.25, 0.3) is 0 Å². The van der Waals surface area contributed by atoms with Crippen LogP contribution in [0.2, 0.25) is 0 Å². The summed E-state index contributed by atoms with van der Waals surface area (Å²) in [4.78, 5) is 6.87. The van der Waals surface area contributed by atoms with Gasteiger partial charge in [-0.15, -0.1) is 0 Å². The minimum atomic E-state index is 0.730. The third-order valence-corrected chi connectivity index (χ3v) is 0.987. The fourth-order valence-electron chi connectivity index (χ4n) is 0.476. The minimum absolute atomic E-state index is 0.730. The van der Waals surface area contributed by atoms with Gasteiger partial charge in [-0.2, -0.15) is 12.6 Å². The molecule has 3 heteroatoms. The van der Waals surface area contributed by atoms with Crippen molar-refractivity contribution >= 4 is 12.6 Å². The smallest absolute Gasteiger partial charge is 0.110 e. The molecule has 43 valence electrons. The van der Waals surface area contributed by atoms with Gasteiger partial charge in [0, 0.05) is 24.6 Å². The fourth-order valence-corrected chi connectivity index (χ4v) is 0.649. The molecule has 0 aliphatic heterocycles. The van der Waals surface area contributed by atoms with Gasteiger partial charge in [-0.05, 0) is 0 Å². The van der Waals surface area contributed by atoms with Crippen LogP contribution in [0.3, 0.4) is 0 Å². The number of aromatic nitrogens is 2. The number of imidazole rings is 1. The Balaban J connectivity index is 2.50. The molecular weight excluding hydrogens is 120 g/mol. The van der Waals surface area contributed by atoms with Crippen LogP contribution in [0.15, 0.2) is 12.4 Å². The summed E-state index contributed by atoms with van der Waals surface area (Å²) >= 11 is 3.99. The van der Waals surface area contributed by atoms with Crippen molar-refractivity contribution in [3.63, 3.8) is 0 Å². The van der Waals surface area contributed by atoms with Crippen LogP contribution in [0.4, 0.5) is 0 Å². The van der Waals surface area contributed by atoms with Crippen LogP contribution < -0.4 is 0 Å². The first kappa shape index (κ1) is 5.69. The molecular formula is C5H7N2S. The zero-order valence-electron chi connectivity index (χ0n) is 4.33. The van der Waals surface area contributed by atoms with E-state index in [4.69, 9.17) is 0 Å². The van der Waals surface area contributed by atoms with Gasteiger partial charge in [0.1, 0.15) is 5.82 Å². The Morgan fingerprint density at radius 1 is 1.88 bits per heavy atom. The Morgan fingerprint density at radius 3 is 3.25 bits per heavy atom. The molecule has 1 aromatic heterocycles. The summed E-state index contributed by atoms with van der Waals surface area (Å²) in [7, 11) is 0. The van der Waals surface area contributed by atoms with Gasteiger partial charge in [-0.3, -0.25) is 0 Å². The van der Waals surface area contributed by atoms with Crippen molar-refractivity contribution in [3.8, 4) is 0 Å². The summed E-state index contributed by atoms with van der Waals surface area (Å²) in [6.07, 6.45) is 5.41. The van der Waals surface area contributed by atoms with E-state index in [0.29, 0.717) is 0 Å². The van der Waals surface area contributed by atoms with Gasteiger partial charge in [0.25, 0.3) is 0 Å². The Labute approximate surface area is 53.7 Å². The van der Waals surface area contributed by atoms with Crippen molar-refractivity contribution in [2.45, 2.75) is 0 Å². The molecule has 0 bridgehead atoms. The highest BCUT2D eigenvalue weighted by molar-refractivity contribution is 7.80. The van der Waals surface area contributed by atoms with Crippen LogP contribution in [-0.4, -0.2) is 15.7 Å². The van der Waals surface area contributed by atoms with E-state index >= 15 is 0 Å². The molecule has 0 amide bonds. The van der Waals surface area contributed by atoms with E-state index < -0.39 is 0 Å². The van der Waals surface area contributed by atoms with Gasteiger partial charge < -0.3 is 4.98 Å². The molecule has 0 unspecified atom stereocenters. The Kier molecular flexibility index (Phi) is 1.97. The lowest BCUT2D eigenvalue weighted by Gasteiger charge is -1.84. The average Bonchev–Trinajstić information content (AvgIpc) is 2.19. The quantitative estimate of drug-likeness (QED) is 0.567. The van der Waals surface area contributed by atoms with E-state index in [-0.39, 0.29) is 0 Å². The topological polar surface area (TPSA) is 28.7 Å². The molecule has 2 nitrogen and oxygen atoms in total. The lowest BCUT2D eigenvalue weighted by molar-refractivity contribution is 1.16. The molecule has 0 atom stereocenters. The number of thiol groups is 1. The number of nitrogens with one attached hydrogen (secondary N) is 1. The third kappa shape index (κ3) is 1.26. The summed E-state index contributed by atoms with van der Waals surface area (Å²) in [5.74, 6) is 1.62. The van der Waals surface area contributed by atoms with Crippen LogP contribution in [0.1, 0.15) is 5.82 Å². The monoisotopic (exact) mass is 127 g/mol. The molecule has 0 fully saturated rings. The number of nitrogens with zero attached hydrogens (tertiary/aromatic N) is 1. The Morgan fingerprint density at radius 2 is 2.75 bits per heavy atom. The molecule has 1 rings (SSSR count). The number of H-pyrrole nitrogens is 1. The van der Waals surface area contributed by atoms with Crippen molar-refractivity contribution in [2.24, 2.45) is 0 Å². The SMILES string of the molecule is SC[CH]c1ncc[nH]1. The second kappa shape index (κ2) is 2.77.